The number of rotatable bonds is 3. The number of hydrogen-bond donors (Lipinski definition) is 4. The van der Waals surface area contributed by atoms with Crippen LogP contribution in [-0.2, 0) is 0 Å². The van der Waals surface area contributed by atoms with E-state index < -0.39 is 11.9 Å². The van der Waals surface area contributed by atoms with Crippen molar-refractivity contribution in [1.82, 2.24) is 0 Å². The zero-order valence-electron chi connectivity index (χ0n) is 10.5. The minimum Gasteiger partial charge on any atom is -0.506 e. The van der Waals surface area contributed by atoms with Crippen molar-refractivity contribution in [2.75, 3.05) is 10.6 Å². The number of anilines is 2. The molecule has 0 spiro atoms. The smallest absolute Gasteiger partial charge is 0.323 e. The van der Waals surface area contributed by atoms with E-state index in [0.717, 1.165) is 0 Å². The number of primary amides is 1. The van der Waals surface area contributed by atoms with Gasteiger partial charge >= 0.3 is 6.03 Å². The second-order valence-electron chi connectivity index (χ2n) is 4.04. The van der Waals surface area contributed by atoms with E-state index in [1.54, 1.807) is 30.3 Å². The average Bonchev–Trinajstić information content (AvgIpc) is 2.42. The van der Waals surface area contributed by atoms with Gasteiger partial charge in [0.25, 0.3) is 0 Å². The zero-order chi connectivity index (χ0) is 14.5. The number of hydrogen-bond acceptors (Lipinski definition) is 3. The lowest BCUT2D eigenvalue weighted by Gasteiger charge is -2.09. The van der Waals surface area contributed by atoms with Crippen LogP contribution in [0.4, 0.5) is 16.2 Å². The Morgan fingerprint density at radius 3 is 2.20 bits per heavy atom. The number of para-hydroxylation sites is 2. The van der Waals surface area contributed by atoms with Crippen molar-refractivity contribution in [3.63, 3.8) is 0 Å². The van der Waals surface area contributed by atoms with E-state index >= 15 is 0 Å². The van der Waals surface area contributed by atoms with Crippen molar-refractivity contribution in [1.29, 1.82) is 0 Å². The molecule has 102 valence electrons. The number of phenols is 1. The highest BCUT2D eigenvalue weighted by Gasteiger charge is 2.06. The molecule has 2 rings (SSSR count). The maximum absolute atomic E-state index is 11.7. The minimum absolute atomic E-state index is 0.0215. The van der Waals surface area contributed by atoms with Crippen molar-refractivity contribution >= 4 is 23.3 Å². The highest BCUT2D eigenvalue weighted by atomic mass is 16.3. The average molecular weight is 271 g/mol. The fourth-order valence-corrected chi connectivity index (χ4v) is 1.58. The molecule has 5 N–H and O–H groups in total. The van der Waals surface area contributed by atoms with Crippen LogP contribution < -0.4 is 16.4 Å². The summed E-state index contributed by atoms with van der Waals surface area (Å²) in [6.45, 7) is 0. The summed E-state index contributed by atoms with van der Waals surface area (Å²) in [6.07, 6.45) is 0. The van der Waals surface area contributed by atoms with Crippen LogP contribution in [0.25, 0.3) is 0 Å². The molecule has 0 saturated heterocycles. The molecule has 20 heavy (non-hydrogen) atoms. The van der Waals surface area contributed by atoms with Gasteiger partial charge in [-0.15, -0.1) is 0 Å². The maximum atomic E-state index is 11.7. The molecule has 6 heteroatoms. The van der Waals surface area contributed by atoms with Crippen molar-refractivity contribution in [2.24, 2.45) is 5.73 Å². The second-order valence-corrected chi connectivity index (χ2v) is 4.04. The molecule has 0 unspecified atom stereocenters. The molecule has 3 amide bonds. The highest BCUT2D eigenvalue weighted by molar-refractivity contribution is 6.01. The van der Waals surface area contributed by atoms with E-state index in [1.165, 1.54) is 18.2 Å². The third-order valence-electron chi connectivity index (χ3n) is 2.58. The molecule has 0 saturated carbocycles. The molecule has 0 fully saturated rings. The van der Waals surface area contributed by atoms with Crippen LogP contribution >= 0.6 is 0 Å². The minimum atomic E-state index is -0.532. The van der Waals surface area contributed by atoms with Crippen LogP contribution in [0.15, 0.2) is 48.5 Å². The summed E-state index contributed by atoms with van der Waals surface area (Å²) in [4.78, 5) is 22.6. The van der Waals surface area contributed by atoms with Gasteiger partial charge in [-0.25, -0.2) is 4.79 Å². The number of nitrogens with one attached hydrogen (secondary N) is 2. The van der Waals surface area contributed by atoms with E-state index in [-0.39, 0.29) is 5.75 Å². The first-order chi connectivity index (χ1) is 9.56. The molecular formula is C14H13N3O3. The molecule has 0 bridgehead atoms. The highest BCUT2D eigenvalue weighted by Crippen LogP contribution is 2.21. The van der Waals surface area contributed by atoms with Crippen LogP contribution in [0.3, 0.4) is 0 Å². The molecule has 0 atom stereocenters. The third kappa shape index (κ3) is 3.26. The van der Waals surface area contributed by atoms with Gasteiger partial charge in [0.1, 0.15) is 5.75 Å². The molecule has 0 heterocycles. The summed E-state index contributed by atoms with van der Waals surface area (Å²) in [7, 11) is 0. The number of phenolic OH excluding ortho intramolecular Hbond substituents is 1. The van der Waals surface area contributed by atoms with E-state index in [1.807, 2.05) is 0 Å². The number of urea groups is 1. The van der Waals surface area contributed by atoms with E-state index in [2.05, 4.69) is 10.6 Å². The molecule has 2 aromatic rings. The van der Waals surface area contributed by atoms with Crippen molar-refractivity contribution in [2.45, 2.75) is 0 Å². The Bertz CT molecular complexity index is 638. The quantitative estimate of drug-likeness (QED) is 0.643. The molecule has 0 aliphatic carbocycles. The number of amides is 3. The molecular weight excluding hydrogens is 258 g/mol. The topological polar surface area (TPSA) is 104 Å². The largest absolute Gasteiger partial charge is 0.506 e. The van der Waals surface area contributed by atoms with Gasteiger partial charge in [-0.05, 0) is 36.4 Å². The van der Waals surface area contributed by atoms with Crippen LogP contribution in [0.5, 0.6) is 5.75 Å². The van der Waals surface area contributed by atoms with Crippen LogP contribution in [0.1, 0.15) is 10.4 Å². The second kappa shape index (κ2) is 5.75. The molecule has 0 aliphatic heterocycles. The van der Waals surface area contributed by atoms with Gasteiger partial charge in [0.05, 0.1) is 5.69 Å². The predicted octanol–water partition coefficient (Wildman–Crippen LogP) is 2.14. The Hall–Kier alpha value is -3.02. The lowest BCUT2D eigenvalue weighted by atomic mass is 10.2. The van der Waals surface area contributed by atoms with Gasteiger partial charge in [-0.2, -0.15) is 0 Å². The van der Waals surface area contributed by atoms with Gasteiger partial charge < -0.3 is 21.5 Å². The van der Waals surface area contributed by atoms with Crippen LogP contribution in [-0.4, -0.2) is 17.0 Å². The fraction of sp³-hybridized carbons (Fsp3) is 0. The van der Waals surface area contributed by atoms with Crippen molar-refractivity contribution in [3.05, 3.63) is 54.1 Å². The Balaban J connectivity index is 2.01. The van der Waals surface area contributed by atoms with Gasteiger partial charge in [0, 0.05) is 11.3 Å². The molecule has 6 nitrogen and oxygen atoms in total. The summed E-state index contributed by atoms with van der Waals surface area (Å²) in [5.74, 6) is -0.554. The van der Waals surface area contributed by atoms with Crippen LogP contribution in [0, 0.1) is 0 Å². The number of aromatic hydroxyl groups is 1. The summed E-state index contributed by atoms with van der Waals surface area (Å²) >= 11 is 0. The van der Waals surface area contributed by atoms with Gasteiger partial charge in [-0.3, -0.25) is 4.79 Å². The SMILES string of the molecule is NC(=O)c1ccc(NC(=O)Nc2ccccc2O)cc1. The molecule has 0 radical (unpaired) electrons. The lowest BCUT2D eigenvalue weighted by Crippen LogP contribution is -2.19. The molecule has 0 aliphatic rings. The molecule has 2 aromatic carbocycles. The first-order valence-corrected chi connectivity index (χ1v) is 5.82. The maximum Gasteiger partial charge on any atom is 0.323 e. The fourth-order valence-electron chi connectivity index (χ4n) is 1.58. The Labute approximate surface area is 115 Å². The monoisotopic (exact) mass is 271 g/mol. The Kier molecular flexibility index (Phi) is 3.85. The number of carbonyl (C=O) groups excluding carboxylic acids is 2. The van der Waals surface area contributed by atoms with Crippen molar-refractivity contribution < 1.29 is 14.7 Å². The summed E-state index contributed by atoms with van der Waals surface area (Å²) < 4.78 is 0. The van der Waals surface area contributed by atoms with E-state index in [4.69, 9.17) is 5.73 Å². The Morgan fingerprint density at radius 2 is 1.60 bits per heavy atom. The lowest BCUT2D eigenvalue weighted by molar-refractivity contribution is 0.100. The summed E-state index contributed by atoms with van der Waals surface area (Å²) in [5.41, 5.74) is 6.28. The first kappa shape index (κ1) is 13.4. The predicted molar refractivity (Wildman–Crippen MR) is 75.7 cm³/mol. The van der Waals surface area contributed by atoms with Gasteiger partial charge in [0.2, 0.25) is 5.91 Å². The van der Waals surface area contributed by atoms with Crippen LogP contribution in [0.2, 0.25) is 0 Å². The zero-order valence-corrected chi connectivity index (χ0v) is 10.5. The third-order valence-corrected chi connectivity index (χ3v) is 2.58. The van der Waals surface area contributed by atoms with Crippen molar-refractivity contribution in [3.8, 4) is 5.75 Å². The van der Waals surface area contributed by atoms with E-state index in [9.17, 15) is 14.7 Å². The standard InChI is InChI=1S/C14H13N3O3/c15-13(19)9-5-7-10(8-6-9)16-14(20)17-11-3-1-2-4-12(11)18/h1-8,18H,(H2,15,19)(H2,16,17,20). The van der Waals surface area contributed by atoms with Gasteiger partial charge in [0.15, 0.2) is 0 Å². The van der Waals surface area contributed by atoms with Gasteiger partial charge in [-0.1, -0.05) is 12.1 Å². The first-order valence-electron chi connectivity index (χ1n) is 5.82. The number of carbonyl (C=O) groups is 2. The normalized spacial score (nSPS) is 9.80. The summed E-state index contributed by atoms with van der Waals surface area (Å²) in [6, 6.07) is 12.0. The van der Waals surface area contributed by atoms with E-state index in [0.29, 0.717) is 16.9 Å². The Morgan fingerprint density at radius 1 is 0.950 bits per heavy atom. The number of nitrogens with two attached hydrogens (primary N) is 1. The molecule has 0 aromatic heterocycles. The summed E-state index contributed by atoms with van der Waals surface area (Å²) in [5, 5.41) is 14.6. The number of benzene rings is 2.